The molecule has 1 N–H and O–H groups in total. The second-order valence-corrected chi connectivity index (χ2v) is 9.70. The van der Waals surface area contributed by atoms with Crippen molar-refractivity contribution in [2.75, 3.05) is 13.2 Å². The molecule has 2 aliphatic rings. The number of aromatic nitrogens is 2. The summed E-state index contributed by atoms with van der Waals surface area (Å²) in [7, 11) is 0. The van der Waals surface area contributed by atoms with Gasteiger partial charge < -0.3 is 19.5 Å². The van der Waals surface area contributed by atoms with Gasteiger partial charge in [0.1, 0.15) is 0 Å². The van der Waals surface area contributed by atoms with Crippen LogP contribution >= 0.6 is 12.2 Å². The van der Waals surface area contributed by atoms with Crippen molar-refractivity contribution >= 4 is 17.3 Å². The molecule has 0 spiro atoms. The van der Waals surface area contributed by atoms with Gasteiger partial charge in [-0.15, -0.1) is 0 Å². The van der Waals surface area contributed by atoms with Crippen LogP contribution in [0, 0.1) is 27.7 Å². The van der Waals surface area contributed by atoms with Gasteiger partial charge in [0.05, 0.1) is 29.6 Å². The predicted octanol–water partition coefficient (Wildman–Crippen LogP) is 5.26. The number of pyridine rings is 1. The number of rotatable bonds is 5. The number of thiocarbonyl (C=S) groups is 1. The highest BCUT2D eigenvalue weighted by atomic mass is 32.1. The molecule has 0 saturated carbocycles. The highest BCUT2D eigenvalue weighted by Crippen LogP contribution is 2.42. The van der Waals surface area contributed by atoms with Gasteiger partial charge in [-0.1, -0.05) is 24.3 Å². The third-order valence-electron chi connectivity index (χ3n) is 7.07. The number of hydrogen-bond donors (Lipinski definition) is 1. The lowest BCUT2D eigenvalue weighted by Crippen LogP contribution is -2.36. The zero-order chi connectivity index (χ0) is 23.1. The van der Waals surface area contributed by atoms with E-state index in [1.54, 1.807) is 0 Å². The van der Waals surface area contributed by atoms with E-state index in [1.807, 2.05) is 18.3 Å². The van der Waals surface area contributed by atoms with E-state index in [9.17, 15) is 0 Å². The zero-order valence-electron chi connectivity index (χ0n) is 19.8. The summed E-state index contributed by atoms with van der Waals surface area (Å²) in [6, 6.07) is 15.0. The molecule has 4 heterocycles. The fraction of sp³-hybridized carbons (Fsp3) is 0.407. The third-order valence-corrected chi connectivity index (χ3v) is 7.43. The van der Waals surface area contributed by atoms with Gasteiger partial charge in [-0.05, 0) is 87.6 Å². The number of ether oxygens (including phenoxy) is 1. The van der Waals surface area contributed by atoms with E-state index in [4.69, 9.17) is 21.9 Å². The number of benzene rings is 1. The minimum Gasteiger partial charge on any atom is -0.376 e. The van der Waals surface area contributed by atoms with Crippen LogP contribution in [0.3, 0.4) is 0 Å². The van der Waals surface area contributed by atoms with Crippen LogP contribution in [0.25, 0.3) is 5.69 Å². The van der Waals surface area contributed by atoms with Crippen LogP contribution in [-0.2, 0) is 4.74 Å². The first-order valence-electron chi connectivity index (χ1n) is 11.8. The molecule has 0 aliphatic carbocycles. The lowest BCUT2D eigenvalue weighted by atomic mass is 9.96. The van der Waals surface area contributed by atoms with Crippen molar-refractivity contribution in [2.24, 2.45) is 0 Å². The number of para-hydroxylation sites is 1. The number of hydrogen-bond acceptors (Lipinski definition) is 3. The molecule has 33 heavy (non-hydrogen) atoms. The van der Waals surface area contributed by atoms with Crippen molar-refractivity contribution < 1.29 is 4.74 Å². The molecule has 172 valence electrons. The number of nitrogens with one attached hydrogen (secondary N) is 1. The second kappa shape index (κ2) is 8.92. The van der Waals surface area contributed by atoms with Crippen LogP contribution in [0.4, 0.5) is 0 Å². The number of aryl methyl sites for hydroxylation is 3. The fourth-order valence-electron chi connectivity index (χ4n) is 5.54. The molecule has 2 saturated heterocycles. The third kappa shape index (κ3) is 3.96. The second-order valence-electron chi connectivity index (χ2n) is 9.32. The van der Waals surface area contributed by atoms with E-state index in [1.165, 1.54) is 33.8 Å². The first-order valence-corrected chi connectivity index (χ1v) is 12.2. The van der Waals surface area contributed by atoms with Gasteiger partial charge in [0.2, 0.25) is 0 Å². The summed E-state index contributed by atoms with van der Waals surface area (Å²) < 4.78 is 8.40. The molecular weight excluding hydrogens is 428 g/mol. The average molecular weight is 461 g/mol. The summed E-state index contributed by atoms with van der Waals surface area (Å²) in [5.41, 5.74) is 8.61. The van der Waals surface area contributed by atoms with Crippen molar-refractivity contribution in [1.82, 2.24) is 19.8 Å². The van der Waals surface area contributed by atoms with Crippen molar-refractivity contribution in [3.05, 3.63) is 82.4 Å². The quantitative estimate of drug-likeness (QED) is 0.526. The Kier molecular flexibility index (Phi) is 5.97. The van der Waals surface area contributed by atoms with Gasteiger partial charge in [-0.25, -0.2) is 0 Å². The number of nitrogens with zero attached hydrogens (tertiary/aromatic N) is 3. The topological polar surface area (TPSA) is 42.3 Å². The van der Waals surface area contributed by atoms with E-state index in [2.05, 4.69) is 72.8 Å². The summed E-state index contributed by atoms with van der Waals surface area (Å²) in [6.45, 7) is 10.4. The van der Waals surface area contributed by atoms with Crippen molar-refractivity contribution in [3.8, 4) is 5.69 Å². The van der Waals surface area contributed by atoms with Gasteiger partial charge in [0.25, 0.3) is 0 Å². The lowest BCUT2D eigenvalue weighted by molar-refractivity contribution is 0.0842. The maximum atomic E-state index is 6.00. The molecule has 0 radical (unpaired) electrons. The van der Waals surface area contributed by atoms with Crippen molar-refractivity contribution in [3.63, 3.8) is 0 Å². The molecule has 2 fully saturated rings. The molecule has 5 rings (SSSR count). The van der Waals surface area contributed by atoms with Crippen LogP contribution in [-0.4, -0.2) is 38.8 Å². The van der Waals surface area contributed by atoms with E-state index in [-0.39, 0.29) is 18.2 Å². The first kappa shape index (κ1) is 22.1. The Balaban J connectivity index is 1.62. The Hall–Kier alpha value is -2.70. The van der Waals surface area contributed by atoms with Gasteiger partial charge in [0, 0.05) is 30.7 Å². The Morgan fingerprint density at radius 2 is 1.88 bits per heavy atom. The van der Waals surface area contributed by atoms with Crippen LogP contribution in [0.2, 0.25) is 0 Å². The van der Waals surface area contributed by atoms with E-state index in [0.717, 1.165) is 36.8 Å². The summed E-state index contributed by atoms with van der Waals surface area (Å²) >= 11 is 5.87. The van der Waals surface area contributed by atoms with Gasteiger partial charge in [-0.2, -0.15) is 0 Å². The molecular formula is C27H32N4OS. The van der Waals surface area contributed by atoms with Gasteiger partial charge in [0.15, 0.2) is 5.11 Å². The van der Waals surface area contributed by atoms with Crippen molar-refractivity contribution in [2.45, 2.75) is 58.7 Å². The Morgan fingerprint density at radius 3 is 2.55 bits per heavy atom. The Morgan fingerprint density at radius 1 is 1.09 bits per heavy atom. The molecule has 2 aromatic heterocycles. The van der Waals surface area contributed by atoms with Crippen LogP contribution < -0.4 is 5.32 Å². The van der Waals surface area contributed by atoms with Gasteiger partial charge >= 0.3 is 0 Å². The van der Waals surface area contributed by atoms with Crippen LogP contribution in [0.15, 0.2) is 48.7 Å². The monoisotopic (exact) mass is 460 g/mol. The zero-order valence-corrected chi connectivity index (χ0v) is 20.7. The Bertz CT molecular complexity index is 1150. The molecule has 6 heteroatoms. The normalized spacial score (nSPS) is 22.7. The van der Waals surface area contributed by atoms with E-state index in [0.29, 0.717) is 0 Å². The summed E-state index contributed by atoms with van der Waals surface area (Å²) in [5, 5.41) is 4.37. The van der Waals surface area contributed by atoms with Crippen molar-refractivity contribution in [1.29, 1.82) is 0 Å². The lowest BCUT2D eigenvalue weighted by Gasteiger charge is -2.30. The summed E-state index contributed by atoms with van der Waals surface area (Å²) in [4.78, 5) is 7.03. The largest absolute Gasteiger partial charge is 0.376 e. The average Bonchev–Trinajstić information content (AvgIpc) is 3.50. The molecule has 0 bridgehead atoms. The SMILES string of the molecule is Cc1cccc(C)c1-n1c(C)cc([C@H]2[C@H](c3ccccn3)NC(=S)N2C[C@@H]2CCCO2)c1C. The van der Waals surface area contributed by atoms with Gasteiger partial charge in [-0.3, -0.25) is 4.98 Å². The molecule has 2 aliphatic heterocycles. The summed E-state index contributed by atoms with van der Waals surface area (Å²) in [5.74, 6) is 0. The molecule has 0 amide bonds. The van der Waals surface area contributed by atoms with E-state index >= 15 is 0 Å². The van der Waals surface area contributed by atoms with Crippen LogP contribution in [0.1, 0.15) is 58.7 Å². The maximum Gasteiger partial charge on any atom is 0.170 e. The molecule has 3 atom stereocenters. The molecule has 0 unspecified atom stereocenters. The highest BCUT2D eigenvalue weighted by Gasteiger charge is 2.42. The first-order chi connectivity index (χ1) is 16.0. The minimum atomic E-state index is -0.00739. The molecule has 1 aromatic carbocycles. The Labute approximate surface area is 201 Å². The maximum absolute atomic E-state index is 6.00. The minimum absolute atomic E-state index is 0.00739. The smallest absolute Gasteiger partial charge is 0.170 e. The molecule has 3 aromatic rings. The predicted molar refractivity (Wildman–Crippen MR) is 136 cm³/mol. The van der Waals surface area contributed by atoms with Crippen LogP contribution in [0.5, 0.6) is 0 Å². The molecule has 5 nitrogen and oxygen atoms in total. The standard InChI is InChI=1S/C27H32N4OS/c1-17-9-7-10-18(2)25(17)31-19(3)15-22(20(31)4)26-24(23-12-5-6-13-28-23)29-27(33)30(26)16-21-11-8-14-32-21/h5-7,9-10,12-13,15,21,24,26H,8,11,14,16H2,1-4H3,(H,29,33)/t21-,24-,26-/m0/s1. The van der Waals surface area contributed by atoms with E-state index < -0.39 is 0 Å². The highest BCUT2D eigenvalue weighted by molar-refractivity contribution is 7.80. The fourth-order valence-corrected chi connectivity index (χ4v) is 5.85. The summed E-state index contributed by atoms with van der Waals surface area (Å²) in [6.07, 6.45) is 4.28.